The van der Waals surface area contributed by atoms with Crippen molar-refractivity contribution in [2.75, 3.05) is 6.54 Å². The predicted molar refractivity (Wildman–Crippen MR) is 69.1 cm³/mol. The molecule has 0 unspecified atom stereocenters. The summed E-state index contributed by atoms with van der Waals surface area (Å²) < 4.78 is 0. The van der Waals surface area contributed by atoms with E-state index in [2.05, 4.69) is 17.4 Å². The van der Waals surface area contributed by atoms with Gasteiger partial charge in [0.15, 0.2) is 0 Å². The van der Waals surface area contributed by atoms with Gasteiger partial charge in [0.05, 0.1) is 0 Å². The van der Waals surface area contributed by atoms with Crippen molar-refractivity contribution in [2.24, 2.45) is 0 Å². The van der Waals surface area contributed by atoms with E-state index in [9.17, 15) is 9.59 Å². The number of amides is 3. The zero-order chi connectivity index (χ0) is 13.2. The minimum absolute atomic E-state index is 0.167. The lowest BCUT2D eigenvalue weighted by atomic mass is 9.94. The highest BCUT2D eigenvalue weighted by molar-refractivity contribution is 6.02. The number of hydrogen-bond acceptors (Lipinski definition) is 2. The van der Waals surface area contributed by atoms with E-state index in [0.29, 0.717) is 0 Å². The largest absolute Gasteiger partial charge is 0.325 e. The molecule has 1 aliphatic heterocycles. The Balaban J connectivity index is 1.99. The SMILES string of the molecule is CC(C)(CCc1ccccc1)N1CC(=O)NC1=O. The molecule has 4 heteroatoms. The summed E-state index contributed by atoms with van der Waals surface area (Å²) in [7, 11) is 0. The third-order valence-electron chi connectivity index (χ3n) is 3.39. The molecule has 2 rings (SSSR count). The fourth-order valence-electron chi connectivity index (χ4n) is 2.16. The summed E-state index contributed by atoms with van der Waals surface area (Å²) in [5, 5.41) is 2.32. The van der Waals surface area contributed by atoms with Gasteiger partial charge in [-0.25, -0.2) is 4.79 Å². The van der Waals surface area contributed by atoms with E-state index in [1.807, 2.05) is 32.0 Å². The molecule has 0 atom stereocenters. The van der Waals surface area contributed by atoms with E-state index < -0.39 is 0 Å². The summed E-state index contributed by atoms with van der Waals surface area (Å²) in [4.78, 5) is 24.5. The molecule has 1 aliphatic rings. The molecule has 1 saturated heterocycles. The minimum Gasteiger partial charge on any atom is -0.310 e. The Hall–Kier alpha value is -1.84. The molecular weight excluding hydrogens is 228 g/mol. The van der Waals surface area contributed by atoms with Crippen molar-refractivity contribution >= 4 is 11.9 Å². The second kappa shape index (κ2) is 4.80. The highest BCUT2D eigenvalue weighted by Gasteiger charge is 2.37. The fourth-order valence-corrected chi connectivity index (χ4v) is 2.16. The number of carbonyl (C=O) groups excluding carboxylic acids is 2. The molecule has 18 heavy (non-hydrogen) atoms. The summed E-state index contributed by atoms with van der Waals surface area (Å²) in [6.07, 6.45) is 1.73. The van der Waals surface area contributed by atoms with Crippen molar-refractivity contribution < 1.29 is 9.59 Å². The van der Waals surface area contributed by atoms with Gasteiger partial charge >= 0.3 is 6.03 Å². The van der Waals surface area contributed by atoms with Crippen molar-refractivity contribution in [3.05, 3.63) is 35.9 Å². The van der Waals surface area contributed by atoms with Crippen LogP contribution < -0.4 is 5.32 Å². The molecule has 1 fully saturated rings. The monoisotopic (exact) mass is 246 g/mol. The van der Waals surface area contributed by atoms with Gasteiger partial charge in [-0.3, -0.25) is 10.1 Å². The fraction of sp³-hybridized carbons (Fsp3) is 0.429. The third kappa shape index (κ3) is 2.70. The number of nitrogens with one attached hydrogen (secondary N) is 1. The topological polar surface area (TPSA) is 49.4 Å². The quantitative estimate of drug-likeness (QED) is 0.825. The number of carbonyl (C=O) groups is 2. The second-order valence-corrected chi connectivity index (χ2v) is 5.24. The molecule has 0 spiro atoms. The van der Waals surface area contributed by atoms with Crippen molar-refractivity contribution in [3.8, 4) is 0 Å². The first kappa shape index (κ1) is 12.6. The van der Waals surface area contributed by atoms with Gasteiger partial charge in [0.1, 0.15) is 6.54 Å². The van der Waals surface area contributed by atoms with Crippen LogP contribution in [0.3, 0.4) is 0 Å². The van der Waals surface area contributed by atoms with E-state index in [0.717, 1.165) is 12.8 Å². The Morgan fingerprint density at radius 3 is 2.44 bits per heavy atom. The molecule has 1 N–H and O–H groups in total. The van der Waals surface area contributed by atoms with Crippen molar-refractivity contribution in [1.82, 2.24) is 10.2 Å². The highest BCUT2D eigenvalue weighted by atomic mass is 16.2. The molecule has 96 valence electrons. The Labute approximate surface area is 107 Å². The molecule has 0 bridgehead atoms. The maximum atomic E-state index is 11.6. The Morgan fingerprint density at radius 1 is 1.22 bits per heavy atom. The van der Waals surface area contributed by atoms with E-state index in [-0.39, 0.29) is 24.0 Å². The average Bonchev–Trinajstić information content (AvgIpc) is 2.68. The van der Waals surface area contributed by atoms with Crippen LogP contribution in [0.2, 0.25) is 0 Å². The number of aryl methyl sites for hydroxylation is 1. The van der Waals surface area contributed by atoms with Crippen molar-refractivity contribution in [3.63, 3.8) is 0 Å². The smallest absolute Gasteiger partial charge is 0.310 e. The molecule has 0 aliphatic carbocycles. The van der Waals surface area contributed by atoms with Gasteiger partial charge in [-0.1, -0.05) is 30.3 Å². The number of nitrogens with zero attached hydrogens (tertiary/aromatic N) is 1. The second-order valence-electron chi connectivity index (χ2n) is 5.24. The van der Waals surface area contributed by atoms with Crippen LogP contribution >= 0.6 is 0 Å². The van der Waals surface area contributed by atoms with Crippen molar-refractivity contribution in [1.29, 1.82) is 0 Å². The van der Waals surface area contributed by atoms with Crippen LogP contribution in [0, 0.1) is 0 Å². The van der Waals surface area contributed by atoms with E-state index >= 15 is 0 Å². The number of urea groups is 1. The van der Waals surface area contributed by atoms with Crippen molar-refractivity contribution in [2.45, 2.75) is 32.2 Å². The summed E-state index contributed by atoms with van der Waals surface area (Å²) in [6.45, 7) is 4.16. The van der Waals surface area contributed by atoms with Gasteiger partial charge in [0, 0.05) is 5.54 Å². The minimum atomic E-state index is -0.313. The van der Waals surface area contributed by atoms with E-state index in [1.54, 1.807) is 4.90 Å². The van der Waals surface area contributed by atoms with Crippen LogP contribution in [-0.2, 0) is 11.2 Å². The molecule has 1 aromatic rings. The molecular formula is C14H18N2O2. The van der Waals surface area contributed by atoms with Gasteiger partial charge in [0.2, 0.25) is 5.91 Å². The normalized spacial score (nSPS) is 16.0. The Morgan fingerprint density at radius 2 is 1.89 bits per heavy atom. The first-order valence-corrected chi connectivity index (χ1v) is 6.14. The third-order valence-corrected chi connectivity index (χ3v) is 3.39. The Kier molecular flexibility index (Phi) is 3.36. The zero-order valence-electron chi connectivity index (χ0n) is 10.8. The summed E-state index contributed by atoms with van der Waals surface area (Å²) in [6, 6.07) is 9.87. The Bertz CT molecular complexity index is 454. The molecule has 1 heterocycles. The van der Waals surface area contributed by atoms with Crippen LogP contribution in [0.25, 0.3) is 0 Å². The van der Waals surface area contributed by atoms with E-state index in [4.69, 9.17) is 0 Å². The average molecular weight is 246 g/mol. The van der Waals surface area contributed by atoms with Gasteiger partial charge in [0.25, 0.3) is 0 Å². The number of imide groups is 1. The van der Waals surface area contributed by atoms with Gasteiger partial charge < -0.3 is 4.90 Å². The molecule has 0 saturated carbocycles. The first-order chi connectivity index (χ1) is 8.49. The van der Waals surface area contributed by atoms with Crippen LogP contribution in [0.5, 0.6) is 0 Å². The number of benzene rings is 1. The molecule has 4 nitrogen and oxygen atoms in total. The zero-order valence-corrected chi connectivity index (χ0v) is 10.8. The van der Waals surface area contributed by atoms with Crippen LogP contribution in [0.4, 0.5) is 4.79 Å². The lowest BCUT2D eigenvalue weighted by Crippen LogP contribution is -2.46. The first-order valence-electron chi connectivity index (χ1n) is 6.14. The standard InChI is InChI=1S/C14H18N2O2/c1-14(2,16-10-12(17)15-13(16)18)9-8-11-6-4-3-5-7-11/h3-7H,8-10H2,1-2H3,(H,15,17,18). The molecule has 0 radical (unpaired) electrons. The van der Waals surface area contributed by atoms with Crippen LogP contribution in [0.15, 0.2) is 30.3 Å². The van der Waals surface area contributed by atoms with Gasteiger partial charge in [-0.05, 0) is 32.3 Å². The lowest BCUT2D eigenvalue weighted by molar-refractivity contribution is -0.118. The predicted octanol–water partition coefficient (Wildman–Crippen LogP) is 1.95. The van der Waals surface area contributed by atoms with Gasteiger partial charge in [-0.2, -0.15) is 0 Å². The lowest BCUT2D eigenvalue weighted by Gasteiger charge is -2.34. The number of rotatable bonds is 4. The maximum absolute atomic E-state index is 11.6. The highest BCUT2D eigenvalue weighted by Crippen LogP contribution is 2.23. The summed E-state index contributed by atoms with van der Waals surface area (Å²) in [5.41, 5.74) is 0.933. The van der Waals surface area contributed by atoms with E-state index in [1.165, 1.54) is 5.56 Å². The van der Waals surface area contributed by atoms with Crippen LogP contribution in [-0.4, -0.2) is 28.9 Å². The molecule has 0 aromatic heterocycles. The maximum Gasteiger partial charge on any atom is 0.325 e. The summed E-state index contributed by atoms with van der Waals surface area (Å²) >= 11 is 0. The molecule has 3 amide bonds. The van der Waals surface area contributed by atoms with Gasteiger partial charge in [-0.15, -0.1) is 0 Å². The number of hydrogen-bond donors (Lipinski definition) is 1. The summed E-state index contributed by atoms with van der Waals surface area (Å²) in [5.74, 6) is -0.215. The molecule has 1 aromatic carbocycles. The van der Waals surface area contributed by atoms with Crippen LogP contribution in [0.1, 0.15) is 25.8 Å².